The van der Waals surface area contributed by atoms with Gasteiger partial charge in [0.2, 0.25) is 5.82 Å². The van der Waals surface area contributed by atoms with E-state index >= 15 is 0 Å². The van der Waals surface area contributed by atoms with Gasteiger partial charge in [0.1, 0.15) is 5.65 Å². The summed E-state index contributed by atoms with van der Waals surface area (Å²) < 4.78 is 7.61. The van der Waals surface area contributed by atoms with Crippen LogP contribution in [0.1, 0.15) is 62.2 Å². The minimum Gasteiger partial charge on any atom is -0.463 e. The average Bonchev–Trinajstić information content (AvgIpc) is 3.45. The summed E-state index contributed by atoms with van der Waals surface area (Å²) >= 11 is 0. The van der Waals surface area contributed by atoms with Gasteiger partial charge in [-0.2, -0.15) is 9.61 Å². The Kier molecular flexibility index (Phi) is 6.67. The van der Waals surface area contributed by atoms with E-state index in [2.05, 4.69) is 15.6 Å². The van der Waals surface area contributed by atoms with Crippen molar-refractivity contribution < 1.29 is 14.3 Å². The molecule has 1 saturated carbocycles. The maximum Gasteiger partial charge on any atom is 0.330 e. The Bertz CT molecular complexity index is 1110. The number of hydrogen-bond donors (Lipinski definition) is 1. The maximum absolute atomic E-state index is 13.4. The molecule has 10 nitrogen and oxygen atoms in total. The van der Waals surface area contributed by atoms with Gasteiger partial charge in [0.05, 0.1) is 12.3 Å². The maximum atomic E-state index is 13.4. The third-order valence-corrected chi connectivity index (χ3v) is 4.89. The van der Waals surface area contributed by atoms with Crippen LogP contribution in [0.25, 0.3) is 11.7 Å². The molecule has 1 aliphatic rings. The predicted octanol–water partition coefficient (Wildman–Crippen LogP) is 2.58. The lowest BCUT2D eigenvalue weighted by Gasteiger charge is -2.15. The average molecular weight is 429 g/mol. The number of ether oxygens (including phenoxy) is 1. The van der Waals surface area contributed by atoms with Crippen LogP contribution in [0.5, 0.6) is 0 Å². The molecule has 0 aliphatic heterocycles. The minimum absolute atomic E-state index is 0.00699. The number of rotatable bonds is 9. The first-order valence-corrected chi connectivity index (χ1v) is 10.5. The molecule has 0 atom stereocenters. The van der Waals surface area contributed by atoms with Crippen LogP contribution in [0.3, 0.4) is 0 Å². The summed E-state index contributed by atoms with van der Waals surface area (Å²) in [7, 11) is 0. The molecule has 2 aromatic rings. The second kappa shape index (κ2) is 9.23. The summed E-state index contributed by atoms with van der Waals surface area (Å²) in [4.78, 5) is 49.8. The van der Waals surface area contributed by atoms with Crippen molar-refractivity contribution in [2.45, 2.75) is 59.5 Å². The first-order valence-electron chi connectivity index (χ1n) is 10.5. The van der Waals surface area contributed by atoms with Crippen molar-refractivity contribution in [2.75, 3.05) is 6.61 Å². The highest BCUT2D eigenvalue weighted by molar-refractivity contribution is 5.99. The fraction of sp³-hybridized carbons (Fsp3) is 0.524. The standard InChI is InChI=1S/C21H27N5O5/c1-5-15-14(9-10-16(27)31-6-2)20-25(11-12(3)4)21(29)17(18(24-30)26(20)23-15)19(28)22-13-7-8-13/h9-10,12-13H,5-8,11H2,1-4H3,(H,22,28)/b10-9+. The number of esters is 1. The summed E-state index contributed by atoms with van der Waals surface area (Å²) in [6.45, 7) is 7.96. The predicted molar refractivity (Wildman–Crippen MR) is 115 cm³/mol. The molecule has 0 bridgehead atoms. The number of aryl methyl sites for hydroxylation is 1. The third kappa shape index (κ3) is 4.57. The van der Waals surface area contributed by atoms with Gasteiger partial charge in [0.25, 0.3) is 11.5 Å². The Hall–Kier alpha value is -3.30. The first kappa shape index (κ1) is 22.4. The number of fused-ring (bicyclic) bond motifs is 1. The molecule has 10 heteroatoms. The van der Waals surface area contributed by atoms with E-state index < -0.39 is 17.4 Å². The van der Waals surface area contributed by atoms with Crippen molar-refractivity contribution in [3.8, 4) is 0 Å². The van der Waals surface area contributed by atoms with Crippen LogP contribution < -0.4 is 10.9 Å². The molecule has 2 heterocycles. The van der Waals surface area contributed by atoms with Gasteiger partial charge in [-0.05, 0) is 43.4 Å². The van der Waals surface area contributed by atoms with Crippen LogP contribution in [-0.4, -0.2) is 38.7 Å². The molecule has 0 radical (unpaired) electrons. The van der Waals surface area contributed by atoms with E-state index in [4.69, 9.17) is 4.74 Å². The Morgan fingerprint density at radius 2 is 2.03 bits per heavy atom. The van der Waals surface area contributed by atoms with Gasteiger partial charge in [-0.1, -0.05) is 20.8 Å². The Labute approximate surface area is 179 Å². The zero-order valence-electron chi connectivity index (χ0n) is 18.2. The molecule has 0 aromatic carbocycles. The van der Waals surface area contributed by atoms with Crippen LogP contribution in [0.2, 0.25) is 0 Å². The van der Waals surface area contributed by atoms with Crippen molar-refractivity contribution in [3.63, 3.8) is 0 Å². The van der Waals surface area contributed by atoms with Crippen molar-refractivity contribution in [1.29, 1.82) is 0 Å². The molecule has 1 fully saturated rings. The van der Waals surface area contributed by atoms with Crippen LogP contribution >= 0.6 is 0 Å². The number of nitrogens with zero attached hydrogens (tertiary/aromatic N) is 4. The number of carbonyl (C=O) groups excluding carboxylic acids is 2. The van der Waals surface area contributed by atoms with E-state index in [1.807, 2.05) is 20.8 Å². The molecule has 0 spiro atoms. The van der Waals surface area contributed by atoms with Crippen LogP contribution in [0.15, 0.2) is 16.0 Å². The summed E-state index contributed by atoms with van der Waals surface area (Å²) in [5.74, 6) is -1.43. The zero-order chi connectivity index (χ0) is 22.7. The van der Waals surface area contributed by atoms with Gasteiger partial charge in [0, 0.05) is 24.2 Å². The van der Waals surface area contributed by atoms with E-state index in [0.717, 1.165) is 12.8 Å². The van der Waals surface area contributed by atoms with Gasteiger partial charge in [-0.15, -0.1) is 4.91 Å². The SMILES string of the molecule is CCOC(=O)/C=C/c1c(CC)nn2c(N=O)c(C(=O)NC3CC3)c(=O)n(CC(C)C)c12. The normalized spacial score (nSPS) is 13.8. The second-order valence-electron chi connectivity index (χ2n) is 7.88. The highest BCUT2D eigenvalue weighted by Gasteiger charge is 2.31. The topological polar surface area (TPSA) is 124 Å². The van der Waals surface area contributed by atoms with Gasteiger partial charge in [-0.25, -0.2) is 4.79 Å². The number of nitrogens with one attached hydrogen (secondary N) is 1. The van der Waals surface area contributed by atoms with Gasteiger partial charge in [-0.3, -0.25) is 14.2 Å². The molecule has 31 heavy (non-hydrogen) atoms. The van der Waals surface area contributed by atoms with Gasteiger partial charge < -0.3 is 10.1 Å². The molecular formula is C21H27N5O5. The third-order valence-electron chi connectivity index (χ3n) is 4.89. The lowest BCUT2D eigenvalue weighted by atomic mass is 10.1. The zero-order valence-corrected chi connectivity index (χ0v) is 18.2. The van der Waals surface area contributed by atoms with Crippen LogP contribution in [0.4, 0.5) is 5.82 Å². The number of amides is 1. The lowest BCUT2D eigenvalue weighted by molar-refractivity contribution is -0.137. The first-order chi connectivity index (χ1) is 14.8. The van der Waals surface area contributed by atoms with Crippen molar-refractivity contribution in [3.05, 3.63) is 38.2 Å². The van der Waals surface area contributed by atoms with Gasteiger partial charge >= 0.3 is 5.97 Å². The fourth-order valence-corrected chi connectivity index (χ4v) is 3.38. The summed E-state index contributed by atoms with van der Waals surface area (Å²) in [5, 5.41) is 10.2. The molecule has 1 aliphatic carbocycles. The van der Waals surface area contributed by atoms with Crippen LogP contribution in [0, 0.1) is 10.8 Å². The van der Waals surface area contributed by atoms with Crippen molar-refractivity contribution in [2.24, 2.45) is 11.1 Å². The Balaban J connectivity index is 2.31. The minimum atomic E-state index is -0.626. The molecule has 2 aromatic heterocycles. The van der Waals surface area contributed by atoms with E-state index in [0.29, 0.717) is 29.9 Å². The highest BCUT2D eigenvalue weighted by Crippen LogP contribution is 2.26. The number of nitroso groups, excluding NO2 is 1. The van der Waals surface area contributed by atoms with Gasteiger partial charge in [0.15, 0.2) is 5.56 Å². The number of carbonyl (C=O) groups is 2. The summed E-state index contributed by atoms with van der Waals surface area (Å²) in [6, 6.07) is 0.00699. The van der Waals surface area contributed by atoms with Crippen molar-refractivity contribution >= 4 is 29.4 Å². The van der Waals surface area contributed by atoms with Crippen LogP contribution in [-0.2, 0) is 22.5 Å². The summed E-state index contributed by atoms with van der Waals surface area (Å²) in [5.41, 5.74) is 0.451. The Morgan fingerprint density at radius 3 is 2.58 bits per heavy atom. The smallest absolute Gasteiger partial charge is 0.330 e. The molecule has 1 N–H and O–H groups in total. The van der Waals surface area contributed by atoms with E-state index in [-0.39, 0.29) is 29.9 Å². The largest absolute Gasteiger partial charge is 0.463 e. The molecule has 166 valence electrons. The lowest BCUT2D eigenvalue weighted by Crippen LogP contribution is -2.36. The summed E-state index contributed by atoms with van der Waals surface area (Å²) in [6.07, 6.45) is 4.92. The molecule has 0 saturated heterocycles. The monoisotopic (exact) mass is 429 g/mol. The molecule has 1 amide bonds. The van der Waals surface area contributed by atoms with Crippen molar-refractivity contribution in [1.82, 2.24) is 19.5 Å². The number of aromatic nitrogens is 3. The second-order valence-corrected chi connectivity index (χ2v) is 7.88. The number of hydrogen-bond acceptors (Lipinski definition) is 7. The van der Waals surface area contributed by atoms with E-state index in [1.165, 1.54) is 21.2 Å². The quantitative estimate of drug-likeness (QED) is 0.371. The van der Waals surface area contributed by atoms with E-state index in [1.54, 1.807) is 6.92 Å². The highest BCUT2D eigenvalue weighted by atomic mass is 16.5. The molecular weight excluding hydrogens is 402 g/mol. The molecule has 3 rings (SSSR count). The fourth-order valence-electron chi connectivity index (χ4n) is 3.38. The van der Waals surface area contributed by atoms with E-state index in [9.17, 15) is 19.3 Å². The Morgan fingerprint density at radius 1 is 1.32 bits per heavy atom. The molecule has 0 unspecified atom stereocenters.